The van der Waals surface area contributed by atoms with Crippen LogP contribution in [-0.2, 0) is 10.5 Å². The minimum absolute atomic E-state index is 0.765. The highest BCUT2D eigenvalue weighted by molar-refractivity contribution is 7.98. The third-order valence-corrected chi connectivity index (χ3v) is 3.39. The Morgan fingerprint density at radius 3 is 2.75 bits per heavy atom. The maximum Gasteiger partial charge on any atom is 0.328 e. The predicted octanol–water partition coefficient (Wildman–Crippen LogP) is 3.26. The van der Waals surface area contributed by atoms with Gasteiger partial charge in [0.15, 0.2) is 0 Å². The van der Waals surface area contributed by atoms with Gasteiger partial charge in [-0.15, -0.1) is 0 Å². The number of hydrogen-bond acceptors (Lipinski definition) is 2. The van der Waals surface area contributed by atoms with E-state index in [9.17, 15) is 4.79 Å². The Kier molecular flexibility index (Phi) is 5.12. The van der Waals surface area contributed by atoms with Crippen LogP contribution in [0.5, 0.6) is 0 Å². The standard InChI is InChI=1S/C13H16O2S/c1-10(7-13(14)15)8-16-9-12-6-4-3-5-11(12)2/h3-7H,8-9H2,1-2H3,(H,14,15). The summed E-state index contributed by atoms with van der Waals surface area (Å²) in [6.45, 7) is 3.94. The zero-order valence-electron chi connectivity index (χ0n) is 9.56. The Hall–Kier alpha value is -1.22. The van der Waals surface area contributed by atoms with E-state index in [4.69, 9.17) is 5.11 Å². The molecule has 0 heterocycles. The molecule has 0 amide bonds. The van der Waals surface area contributed by atoms with Crippen molar-refractivity contribution < 1.29 is 9.90 Å². The summed E-state index contributed by atoms with van der Waals surface area (Å²) in [4.78, 5) is 10.4. The van der Waals surface area contributed by atoms with Crippen molar-refractivity contribution in [3.05, 3.63) is 47.0 Å². The summed E-state index contributed by atoms with van der Waals surface area (Å²) in [5.74, 6) is 0.826. The summed E-state index contributed by atoms with van der Waals surface area (Å²) in [6, 6.07) is 8.26. The monoisotopic (exact) mass is 236 g/mol. The largest absolute Gasteiger partial charge is 0.478 e. The van der Waals surface area contributed by atoms with Gasteiger partial charge < -0.3 is 5.11 Å². The van der Waals surface area contributed by atoms with E-state index in [1.807, 2.05) is 19.1 Å². The highest BCUT2D eigenvalue weighted by Crippen LogP contribution is 2.17. The fraction of sp³-hybridized carbons (Fsp3) is 0.308. The highest BCUT2D eigenvalue weighted by Gasteiger charge is 1.99. The summed E-state index contributed by atoms with van der Waals surface area (Å²) in [6.07, 6.45) is 1.27. The van der Waals surface area contributed by atoms with Gasteiger partial charge in [0, 0.05) is 17.6 Å². The molecule has 1 rings (SSSR count). The van der Waals surface area contributed by atoms with E-state index < -0.39 is 5.97 Å². The maximum atomic E-state index is 10.4. The lowest BCUT2D eigenvalue weighted by Gasteiger charge is -2.05. The topological polar surface area (TPSA) is 37.3 Å². The van der Waals surface area contributed by atoms with Crippen LogP contribution in [0, 0.1) is 6.92 Å². The molecule has 16 heavy (non-hydrogen) atoms. The first-order valence-electron chi connectivity index (χ1n) is 5.12. The first-order chi connectivity index (χ1) is 7.59. The van der Waals surface area contributed by atoms with Crippen LogP contribution >= 0.6 is 11.8 Å². The molecule has 0 spiro atoms. The second-order valence-electron chi connectivity index (χ2n) is 3.75. The number of thioether (sulfide) groups is 1. The molecule has 0 radical (unpaired) electrons. The van der Waals surface area contributed by atoms with E-state index in [0.717, 1.165) is 17.1 Å². The molecule has 0 saturated heterocycles. The normalized spacial score (nSPS) is 11.5. The molecule has 0 atom stereocenters. The molecule has 0 aliphatic carbocycles. The summed E-state index contributed by atoms with van der Waals surface area (Å²) >= 11 is 1.74. The zero-order valence-corrected chi connectivity index (χ0v) is 10.4. The predicted molar refractivity (Wildman–Crippen MR) is 68.7 cm³/mol. The number of carboxylic acid groups (broad SMARTS) is 1. The van der Waals surface area contributed by atoms with Crippen molar-refractivity contribution in [1.29, 1.82) is 0 Å². The maximum absolute atomic E-state index is 10.4. The van der Waals surface area contributed by atoms with Gasteiger partial charge in [-0.3, -0.25) is 0 Å². The van der Waals surface area contributed by atoms with Gasteiger partial charge in [-0.1, -0.05) is 29.8 Å². The lowest BCUT2D eigenvalue weighted by Crippen LogP contribution is -1.93. The molecule has 2 nitrogen and oxygen atoms in total. The second kappa shape index (κ2) is 6.38. The third kappa shape index (κ3) is 4.53. The summed E-state index contributed by atoms with van der Waals surface area (Å²) in [7, 11) is 0. The van der Waals surface area contributed by atoms with Crippen LogP contribution in [0.3, 0.4) is 0 Å². The Morgan fingerprint density at radius 2 is 2.12 bits per heavy atom. The van der Waals surface area contributed by atoms with Crippen molar-refractivity contribution in [2.45, 2.75) is 19.6 Å². The molecule has 0 fully saturated rings. The van der Waals surface area contributed by atoms with E-state index in [0.29, 0.717) is 0 Å². The van der Waals surface area contributed by atoms with E-state index >= 15 is 0 Å². The van der Waals surface area contributed by atoms with Crippen molar-refractivity contribution >= 4 is 17.7 Å². The van der Waals surface area contributed by atoms with Gasteiger partial charge in [0.25, 0.3) is 0 Å². The Balaban J connectivity index is 2.42. The summed E-state index contributed by atoms with van der Waals surface area (Å²) < 4.78 is 0. The molecule has 86 valence electrons. The first kappa shape index (κ1) is 12.8. The average Bonchev–Trinajstić information content (AvgIpc) is 2.19. The van der Waals surface area contributed by atoms with Crippen LogP contribution < -0.4 is 0 Å². The Bertz CT molecular complexity index is 397. The molecule has 0 aliphatic heterocycles. The number of aliphatic carboxylic acids is 1. The van der Waals surface area contributed by atoms with Gasteiger partial charge in [-0.25, -0.2) is 4.79 Å². The lowest BCUT2D eigenvalue weighted by atomic mass is 10.1. The molecule has 0 aliphatic rings. The van der Waals surface area contributed by atoms with Gasteiger partial charge >= 0.3 is 5.97 Å². The quantitative estimate of drug-likeness (QED) is 0.797. The van der Waals surface area contributed by atoms with Crippen molar-refractivity contribution in [1.82, 2.24) is 0 Å². The minimum Gasteiger partial charge on any atom is -0.478 e. The van der Waals surface area contributed by atoms with Crippen LogP contribution in [0.1, 0.15) is 18.1 Å². The molecule has 1 N–H and O–H groups in total. The van der Waals surface area contributed by atoms with Gasteiger partial charge in [-0.2, -0.15) is 11.8 Å². The number of hydrogen-bond donors (Lipinski definition) is 1. The second-order valence-corrected chi connectivity index (χ2v) is 4.73. The van der Waals surface area contributed by atoms with Gasteiger partial charge in [-0.05, 0) is 25.0 Å². The molecule has 3 heteroatoms. The number of carbonyl (C=O) groups is 1. The molecule has 0 saturated carbocycles. The van der Waals surface area contributed by atoms with Crippen LogP contribution in [0.25, 0.3) is 0 Å². The first-order valence-corrected chi connectivity index (χ1v) is 6.27. The van der Waals surface area contributed by atoms with E-state index in [-0.39, 0.29) is 0 Å². The van der Waals surface area contributed by atoms with Gasteiger partial charge in [0.1, 0.15) is 0 Å². The third-order valence-electron chi connectivity index (χ3n) is 2.22. The van der Waals surface area contributed by atoms with Gasteiger partial charge in [0.2, 0.25) is 0 Å². The summed E-state index contributed by atoms with van der Waals surface area (Å²) in [5, 5.41) is 8.56. The number of rotatable bonds is 5. The van der Waals surface area contributed by atoms with Crippen LogP contribution in [0.2, 0.25) is 0 Å². The molecular weight excluding hydrogens is 220 g/mol. The van der Waals surface area contributed by atoms with Crippen molar-refractivity contribution in [2.24, 2.45) is 0 Å². The zero-order chi connectivity index (χ0) is 12.0. The van der Waals surface area contributed by atoms with Gasteiger partial charge in [0.05, 0.1) is 0 Å². The number of aryl methyl sites for hydroxylation is 1. The average molecular weight is 236 g/mol. The SMILES string of the molecule is CC(=CC(=O)O)CSCc1ccccc1C. The highest BCUT2D eigenvalue weighted by atomic mass is 32.2. The van der Waals surface area contributed by atoms with Crippen LogP contribution in [-0.4, -0.2) is 16.8 Å². The van der Waals surface area contributed by atoms with Crippen molar-refractivity contribution in [3.8, 4) is 0 Å². The smallest absolute Gasteiger partial charge is 0.328 e. The van der Waals surface area contributed by atoms with E-state index in [1.54, 1.807) is 11.8 Å². The molecule has 0 unspecified atom stereocenters. The fourth-order valence-corrected chi connectivity index (χ4v) is 2.40. The molecule has 0 bridgehead atoms. The molecule has 0 aromatic heterocycles. The van der Waals surface area contributed by atoms with E-state index in [2.05, 4.69) is 19.1 Å². The molecule has 1 aromatic rings. The number of benzene rings is 1. The Labute approximate surface area is 100 Å². The van der Waals surface area contributed by atoms with Crippen LogP contribution in [0.15, 0.2) is 35.9 Å². The number of carboxylic acids is 1. The summed E-state index contributed by atoms with van der Waals surface area (Å²) in [5.41, 5.74) is 3.50. The van der Waals surface area contributed by atoms with Crippen LogP contribution in [0.4, 0.5) is 0 Å². The fourth-order valence-electron chi connectivity index (χ4n) is 1.35. The van der Waals surface area contributed by atoms with Crippen molar-refractivity contribution in [2.75, 3.05) is 5.75 Å². The van der Waals surface area contributed by atoms with Crippen molar-refractivity contribution in [3.63, 3.8) is 0 Å². The Morgan fingerprint density at radius 1 is 1.44 bits per heavy atom. The minimum atomic E-state index is -0.867. The van der Waals surface area contributed by atoms with E-state index in [1.165, 1.54) is 17.2 Å². The molecule has 1 aromatic carbocycles. The molecular formula is C13H16O2S. The lowest BCUT2D eigenvalue weighted by molar-refractivity contribution is -0.131.